The van der Waals surface area contributed by atoms with Gasteiger partial charge in [0, 0.05) is 15.9 Å². The average Bonchev–Trinajstić information content (AvgIpc) is 3.48. The maximum absolute atomic E-state index is 13.6. The van der Waals surface area contributed by atoms with E-state index in [-0.39, 0.29) is 29.0 Å². The number of aliphatic hydroxyl groups is 1. The summed E-state index contributed by atoms with van der Waals surface area (Å²) in [5, 5.41) is 27.8. The molecule has 1 aromatic carbocycles. The molecular formula is C23H18ClF2N7O2. The number of fused-ring (bicyclic) bond motifs is 1. The van der Waals surface area contributed by atoms with E-state index < -0.39 is 18.2 Å². The lowest BCUT2D eigenvalue weighted by Crippen LogP contribution is -2.37. The van der Waals surface area contributed by atoms with E-state index in [1.807, 2.05) is 0 Å². The van der Waals surface area contributed by atoms with Gasteiger partial charge in [0.2, 0.25) is 0 Å². The van der Waals surface area contributed by atoms with Crippen LogP contribution in [0.4, 0.5) is 14.5 Å². The van der Waals surface area contributed by atoms with Gasteiger partial charge in [-0.3, -0.25) is 4.99 Å². The molecule has 0 saturated heterocycles. The molecule has 0 fully saturated rings. The molecule has 0 aliphatic heterocycles. The standard InChI is InChI=1S/C23H18ClF2N7O2/c1-3-29-17-7-14(24)5-4-13(17)6-15-12(2)31-23-16(8-27)20(21(25)26)32-33(23)22(15)30-9-18(34)19-10-28-11-35-19/h3-7,10-11,18,21,29,34H,1,9H2,2H3/b15-6+,30-22?. The average molecular weight is 498 g/mol. The van der Waals surface area contributed by atoms with Crippen LogP contribution in [0.2, 0.25) is 5.02 Å². The number of anilines is 1. The summed E-state index contributed by atoms with van der Waals surface area (Å²) in [7, 11) is 0. The number of rotatable bonds is 7. The van der Waals surface area contributed by atoms with Gasteiger partial charge in [0.05, 0.1) is 18.4 Å². The lowest BCUT2D eigenvalue weighted by Gasteiger charge is -2.08. The van der Waals surface area contributed by atoms with E-state index in [1.54, 1.807) is 37.3 Å². The molecule has 0 radical (unpaired) electrons. The number of aliphatic hydroxyl groups excluding tert-OH is 1. The summed E-state index contributed by atoms with van der Waals surface area (Å²) in [6.07, 6.45) is 1.58. The van der Waals surface area contributed by atoms with Crippen molar-refractivity contribution in [1.29, 1.82) is 5.26 Å². The van der Waals surface area contributed by atoms with Crippen LogP contribution in [0.25, 0.3) is 11.7 Å². The van der Waals surface area contributed by atoms with E-state index in [1.165, 1.54) is 18.8 Å². The first kappa shape index (κ1) is 24.0. The van der Waals surface area contributed by atoms with Crippen LogP contribution in [0.1, 0.15) is 40.8 Å². The third-order valence-electron chi connectivity index (χ3n) is 5.08. The van der Waals surface area contributed by atoms with E-state index in [0.717, 1.165) is 4.52 Å². The number of hydrogen-bond donors (Lipinski definition) is 2. The van der Waals surface area contributed by atoms with Gasteiger partial charge >= 0.3 is 0 Å². The maximum atomic E-state index is 13.6. The Kier molecular flexibility index (Phi) is 6.86. The summed E-state index contributed by atoms with van der Waals surface area (Å²) in [4.78, 5) is 12.6. The fourth-order valence-corrected chi connectivity index (χ4v) is 3.62. The Morgan fingerprint density at radius 3 is 2.89 bits per heavy atom. The number of oxazole rings is 1. The molecule has 3 aromatic heterocycles. The number of nitriles is 1. The summed E-state index contributed by atoms with van der Waals surface area (Å²) in [6.45, 7) is 5.13. The molecular weight excluding hydrogens is 480 g/mol. The van der Waals surface area contributed by atoms with Crippen molar-refractivity contribution in [3.63, 3.8) is 0 Å². The number of aromatic nitrogens is 4. The zero-order chi connectivity index (χ0) is 25.1. The first-order valence-electron chi connectivity index (χ1n) is 10.2. The van der Waals surface area contributed by atoms with Crippen LogP contribution in [-0.2, 0) is 0 Å². The van der Waals surface area contributed by atoms with Crippen molar-refractivity contribution in [3.05, 3.63) is 87.6 Å². The van der Waals surface area contributed by atoms with Gasteiger partial charge in [0.1, 0.15) is 23.4 Å². The van der Waals surface area contributed by atoms with Gasteiger partial charge in [0.25, 0.3) is 6.43 Å². The molecule has 0 bridgehead atoms. The minimum absolute atomic E-state index is 0.0640. The van der Waals surface area contributed by atoms with E-state index in [9.17, 15) is 19.1 Å². The Morgan fingerprint density at radius 2 is 2.23 bits per heavy atom. The predicted molar refractivity (Wildman–Crippen MR) is 123 cm³/mol. The second kappa shape index (κ2) is 10.0. The molecule has 9 nitrogen and oxygen atoms in total. The van der Waals surface area contributed by atoms with Crippen LogP contribution >= 0.6 is 11.6 Å². The van der Waals surface area contributed by atoms with Crippen LogP contribution in [0, 0.1) is 18.3 Å². The van der Waals surface area contributed by atoms with E-state index in [4.69, 9.17) is 16.0 Å². The molecule has 1 unspecified atom stereocenters. The summed E-state index contributed by atoms with van der Waals surface area (Å²) >= 11 is 6.12. The highest BCUT2D eigenvalue weighted by Gasteiger charge is 2.23. The first-order chi connectivity index (χ1) is 16.8. The zero-order valence-corrected chi connectivity index (χ0v) is 19.0. The van der Waals surface area contributed by atoms with Crippen LogP contribution < -0.4 is 16.0 Å². The number of halogens is 3. The topological polar surface area (TPSA) is 125 Å². The molecule has 4 rings (SSSR count). The van der Waals surface area contributed by atoms with Gasteiger partial charge in [-0.1, -0.05) is 24.2 Å². The Labute approximate surface area is 202 Å². The van der Waals surface area contributed by atoms with Crippen molar-refractivity contribution < 1.29 is 18.3 Å². The summed E-state index contributed by atoms with van der Waals surface area (Å²) < 4.78 is 33.4. The summed E-state index contributed by atoms with van der Waals surface area (Å²) in [6, 6.07) is 6.88. The fraction of sp³-hybridized carbons (Fsp3) is 0.174. The lowest BCUT2D eigenvalue weighted by atomic mass is 10.1. The summed E-state index contributed by atoms with van der Waals surface area (Å²) in [5.41, 5.74) is 0.715. The Bertz CT molecular complexity index is 1560. The van der Waals surface area contributed by atoms with E-state index in [0.29, 0.717) is 27.2 Å². The van der Waals surface area contributed by atoms with Gasteiger partial charge in [0.15, 0.2) is 23.3 Å². The van der Waals surface area contributed by atoms with Gasteiger partial charge < -0.3 is 14.8 Å². The molecule has 0 spiro atoms. The van der Waals surface area contributed by atoms with Crippen molar-refractivity contribution in [2.75, 3.05) is 11.9 Å². The highest BCUT2D eigenvalue weighted by atomic mass is 35.5. The largest absolute Gasteiger partial charge is 0.446 e. The van der Waals surface area contributed by atoms with Crippen molar-refractivity contribution in [1.82, 2.24) is 19.6 Å². The minimum atomic E-state index is -2.99. The van der Waals surface area contributed by atoms with Crippen LogP contribution in [0.5, 0.6) is 0 Å². The SMILES string of the molecule is C=CNc1cc(Cl)ccc1/C=c1\c(C)nc2c(C#N)c(C(F)F)nn2c1=NCC(O)c1cnco1. The van der Waals surface area contributed by atoms with Gasteiger partial charge in [-0.05, 0) is 36.9 Å². The van der Waals surface area contributed by atoms with Crippen LogP contribution in [0.3, 0.4) is 0 Å². The maximum Gasteiger partial charge on any atom is 0.283 e. The molecule has 4 aromatic rings. The second-order valence-electron chi connectivity index (χ2n) is 7.33. The monoisotopic (exact) mass is 497 g/mol. The fourth-order valence-electron chi connectivity index (χ4n) is 3.45. The molecule has 35 heavy (non-hydrogen) atoms. The smallest absolute Gasteiger partial charge is 0.283 e. The van der Waals surface area contributed by atoms with Crippen LogP contribution in [0.15, 0.2) is 53.0 Å². The van der Waals surface area contributed by atoms with Gasteiger partial charge in [-0.15, -0.1) is 0 Å². The highest BCUT2D eigenvalue weighted by Crippen LogP contribution is 2.24. The second-order valence-corrected chi connectivity index (χ2v) is 7.76. The number of nitrogens with one attached hydrogen (secondary N) is 1. The molecule has 0 amide bonds. The third kappa shape index (κ3) is 4.75. The molecule has 0 aliphatic carbocycles. The molecule has 0 aliphatic rings. The number of benzene rings is 1. The normalized spacial score (nSPS) is 13.4. The molecule has 3 heterocycles. The van der Waals surface area contributed by atoms with Crippen molar-refractivity contribution in [3.8, 4) is 6.07 Å². The number of alkyl halides is 2. The predicted octanol–water partition coefficient (Wildman–Crippen LogP) is 3.23. The van der Waals surface area contributed by atoms with Crippen molar-refractivity contribution in [2.24, 2.45) is 4.99 Å². The quantitative estimate of drug-likeness (QED) is 0.401. The zero-order valence-electron chi connectivity index (χ0n) is 18.3. The van der Waals surface area contributed by atoms with E-state index >= 15 is 0 Å². The van der Waals surface area contributed by atoms with Gasteiger partial charge in [-0.25, -0.2) is 18.7 Å². The highest BCUT2D eigenvalue weighted by molar-refractivity contribution is 6.30. The number of hydrogen-bond acceptors (Lipinski definition) is 8. The molecule has 0 saturated carbocycles. The molecule has 1 atom stereocenters. The Hall–Kier alpha value is -4.14. The molecule has 2 N–H and O–H groups in total. The Balaban J connectivity index is 2.04. The number of nitrogens with zero attached hydrogens (tertiary/aromatic N) is 6. The van der Waals surface area contributed by atoms with Gasteiger partial charge in [-0.2, -0.15) is 14.9 Å². The number of aryl methyl sites for hydroxylation is 1. The van der Waals surface area contributed by atoms with Crippen molar-refractivity contribution >= 4 is 29.0 Å². The Morgan fingerprint density at radius 1 is 1.43 bits per heavy atom. The third-order valence-corrected chi connectivity index (χ3v) is 5.31. The lowest BCUT2D eigenvalue weighted by molar-refractivity contribution is 0.145. The molecule has 178 valence electrons. The van der Waals surface area contributed by atoms with Crippen molar-refractivity contribution in [2.45, 2.75) is 19.5 Å². The first-order valence-corrected chi connectivity index (χ1v) is 10.6. The van der Waals surface area contributed by atoms with E-state index in [2.05, 4.69) is 32.0 Å². The minimum Gasteiger partial charge on any atom is -0.446 e. The van der Waals surface area contributed by atoms with Crippen LogP contribution in [-0.4, -0.2) is 31.2 Å². The molecule has 12 heteroatoms. The summed E-state index contributed by atoms with van der Waals surface area (Å²) in [5.74, 6) is 0.183.